The molecule has 0 spiro atoms. The molecule has 0 bridgehead atoms. The minimum absolute atomic E-state index is 0.201. The van der Waals surface area contributed by atoms with Gasteiger partial charge in [-0.25, -0.2) is 0 Å². The molecule has 0 saturated carbocycles. The molecule has 0 radical (unpaired) electrons. The number of ether oxygens (including phenoxy) is 1. The number of hydrogen-bond acceptors (Lipinski definition) is 6. The molecule has 4 amide bonds. The third-order valence-electron chi connectivity index (χ3n) is 4.45. The molecule has 2 aliphatic heterocycles. The average molecular weight is 403 g/mol. The van der Waals surface area contributed by atoms with Gasteiger partial charge in [0.1, 0.15) is 12.3 Å². The SMILES string of the molecule is NC(=O)COc1ccccc1/C=C1\SC(=O)N(CC(=O)N2CCCCC2)C1=O. The summed E-state index contributed by atoms with van der Waals surface area (Å²) in [5.41, 5.74) is 5.63. The molecule has 2 aliphatic rings. The fourth-order valence-corrected chi connectivity index (χ4v) is 3.87. The number of nitrogens with two attached hydrogens (primary N) is 1. The van der Waals surface area contributed by atoms with E-state index in [4.69, 9.17) is 10.5 Å². The van der Waals surface area contributed by atoms with Gasteiger partial charge in [0.05, 0.1) is 4.91 Å². The molecule has 0 unspecified atom stereocenters. The van der Waals surface area contributed by atoms with E-state index >= 15 is 0 Å². The first kappa shape index (κ1) is 19.9. The first-order valence-corrected chi connectivity index (χ1v) is 9.80. The van der Waals surface area contributed by atoms with Crippen LogP contribution < -0.4 is 10.5 Å². The standard InChI is InChI=1S/C19H21N3O5S/c20-16(23)12-27-14-7-3-2-6-13(14)10-15-18(25)22(19(26)28-15)11-17(24)21-8-4-1-5-9-21/h2-3,6-7,10H,1,4-5,8-9,11-12H2,(H2,20,23)/b15-10-. The van der Waals surface area contributed by atoms with Gasteiger partial charge in [0, 0.05) is 18.7 Å². The summed E-state index contributed by atoms with van der Waals surface area (Å²) in [5, 5.41) is -0.475. The second-order valence-electron chi connectivity index (χ2n) is 6.50. The molecular formula is C19H21N3O5S. The normalized spacial score (nSPS) is 18.6. The second-order valence-corrected chi connectivity index (χ2v) is 7.50. The van der Waals surface area contributed by atoms with Crippen LogP contribution in [0, 0.1) is 0 Å². The zero-order valence-corrected chi connectivity index (χ0v) is 16.1. The highest BCUT2D eigenvalue weighted by Crippen LogP contribution is 2.34. The molecular weight excluding hydrogens is 382 g/mol. The number of nitrogens with zero attached hydrogens (tertiary/aromatic N) is 2. The third-order valence-corrected chi connectivity index (χ3v) is 5.36. The van der Waals surface area contributed by atoms with E-state index in [0.29, 0.717) is 24.4 Å². The molecule has 1 aromatic carbocycles. The van der Waals surface area contributed by atoms with Crippen LogP contribution in [0.1, 0.15) is 24.8 Å². The third kappa shape index (κ3) is 4.72. The Morgan fingerprint density at radius 2 is 1.86 bits per heavy atom. The monoisotopic (exact) mass is 403 g/mol. The first-order valence-electron chi connectivity index (χ1n) is 8.99. The van der Waals surface area contributed by atoms with Gasteiger partial charge in [0.25, 0.3) is 17.1 Å². The smallest absolute Gasteiger partial charge is 0.294 e. The van der Waals surface area contributed by atoms with Crippen molar-refractivity contribution in [1.29, 1.82) is 0 Å². The van der Waals surface area contributed by atoms with Crippen LogP contribution in [0.25, 0.3) is 6.08 Å². The summed E-state index contributed by atoms with van der Waals surface area (Å²) in [7, 11) is 0. The number of carbonyl (C=O) groups excluding carboxylic acids is 4. The van der Waals surface area contributed by atoms with Crippen LogP contribution in [-0.4, -0.2) is 59.0 Å². The number of primary amides is 1. The Labute approximate surface area is 166 Å². The van der Waals surface area contributed by atoms with Crippen molar-refractivity contribution >= 4 is 40.8 Å². The van der Waals surface area contributed by atoms with Crippen LogP contribution in [0.15, 0.2) is 29.2 Å². The van der Waals surface area contributed by atoms with Gasteiger partial charge in [-0.3, -0.25) is 24.1 Å². The molecule has 9 heteroatoms. The van der Waals surface area contributed by atoms with Gasteiger partial charge in [-0.15, -0.1) is 0 Å². The molecule has 1 aromatic rings. The molecule has 148 valence electrons. The number of imide groups is 1. The zero-order valence-electron chi connectivity index (χ0n) is 15.3. The number of carbonyl (C=O) groups is 4. The van der Waals surface area contributed by atoms with Gasteiger partial charge in [0.15, 0.2) is 6.61 Å². The summed E-state index contributed by atoms with van der Waals surface area (Å²) in [4.78, 5) is 51.1. The van der Waals surface area contributed by atoms with Gasteiger partial charge < -0.3 is 15.4 Å². The van der Waals surface area contributed by atoms with Crippen molar-refractivity contribution in [2.75, 3.05) is 26.2 Å². The van der Waals surface area contributed by atoms with E-state index < -0.39 is 17.1 Å². The van der Waals surface area contributed by atoms with Crippen molar-refractivity contribution in [2.45, 2.75) is 19.3 Å². The number of likely N-dealkylation sites (tertiary alicyclic amines) is 1. The summed E-state index contributed by atoms with van der Waals surface area (Å²) < 4.78 is 5.34. The molecule has 3 rings (SSSR count). The lowest BCUT2D eigenvalue weighted by Gasteiger charge is -2.27. The Morgan fingerprint density at radius 3 is 2.57 bits per heavy atom. The summed E-state index contributed by atoms with van der Waals surface area (Å²) in [5.74, 6) is -0.970. The lowest BCUT2D eigenvalue weighted by atomic mass is 10.1. The fourth-order valence-electron chi connectivity index (χ4n) is 3.04. The van der Waals surface area contributed by atoms with Crippen molar-refractivity contribution in [3.8, 4) is 5.75 Å². The largest absolute Gasteiger partial charge is 0.483 e. The fraction of sp³-hybridized carbons (Fsp3) is 0.368. The van der Waals surface area contributed by atoms with E-state index in [0.717, 1.165) is 35.9 Å². The number of hydrogen-bond donors (Lipinski definition) is 1. The van der Waals surface area contributed by atoms with Gasteiger partial charge >= 0.3 is 0 Å². The predicted molar refractivity (Wildman–Crippen MR) is 104 cm³/mol. The number of benzene rings is 1. The van der Waals surface area contributed by atoms with Crippen LogP contribution >= 0.6 is 11.8 Å². The summed E-state index contributed by atoms with van der Waals surface area (Å²) >= 11 is 0.779. The number of para-hydroxylation sites is 1. The van der Waals surface area contributed by atoms with Gasteiger partial charge in [0.2, 0.25) is 5.91 Å². The molecule has 28 heavy (non-hydrogen) atoms. The van der Waals surface area contributed by atoms with E-state index in [9.17, 15) is 19.2 Å². The maximum absolute atomic E-state index is 12.6. The van der Waals surface area contributed by atoms with E-state index in [2.05, 4.69) is 0 Å². The molecule has 0 atom stereocenters. The van der Waals surface area contributed by atoms with Gasteiger partial charge in [-0.2, -0.15) is 0 Å². The van der Waals surface area contributed by atoms with Crippen molar-refractivity contribution in [3.63, 3.8) is 0 Å². The second kappa shape index (κ2) is 8.92. The average Bonchev–Trinajstić information content (AvgIpc) is 2.95. The number of amides is 4. The lowest BCUT2D eigenvalue weighted by Crippen LogP contribution is -2.44. The predicted octanol–water partition coefficient (Wildman–Crippen LogP) is 1.60. The molecule has 0 aliphatic carbocycles. The number of piperidine rings is 1. The van der Waals surface area contributed by atoms with Crippen molar-refractivity contribution in [1.82, 2.24) is 9.80 Å². The van der Waals surface area contributed by atoms with Crippen molar-refractivity contribution in [3.05, 3.63) is 34.7 Å². The Bertz CT molecular complexity index is 833. The van der Waals surface area contributed by atoms with E-state index in [1.807, 2.05) is 0 Å². The minimum Gasteiger partial charge on any atom is -0.483 e. The zero-order chi connectivity index (χ0) is 20.1. The maximum Gasteiger partial charge on any atom is 0.294 e. The van der Waals surface area contributed by atoms with Crippen molar-refractivity contribution < 1.29 is 23.9 Å². The number of thioether (sulfide) groups is 1. The van der Waals surface area contributed by atoms with E-state index in [1.165, 1.54) is 6.08 Å². The Hall–Kier alpha value is -2.81. The van der Waals surface area contributed by atoms with E-state index in [-0.39, 0.29) is 24.0 Å². The van der Waals surface area contributed by atoms with Gasteiger partial charge in [-0.1, -0.05) is 18.2 Å². The van der Waals surface area contributed by atoms with Gasteiger partial charge in [-0.05, 0) is 43.2 Å². The summed E-state index contributed by atoms with van der Waals surface area (Å²) in [6, 6.07) is 6.80. The van der Waals surface area contributed by atoms with Crippen LogP contribution in [0.4, 0.5) is 4.79 Å². The molecule has 2 fully saturated rings. The molecule has 2 heterocycles. The highest BCUT2D eigenvalue weighted by molar-refractivity contribution is 8.18. The quantitative estimate of drug-likeness (QED) is 0.723. The van der Waals surface area contributed by atoms with Crippen molar-refractivity contribution in [2.24, 2.45) is 5.73 Å². The summed E-state index contributed by atoms with van der Waals surface area (Å²) in [6.45, 7) is 0.781. The minimum atomic E-state index is -0.619. The van der Waals surface area contributed by atoms with E-state index in [1.54, 1.807) is 29.2 Å². The van der Waals surface area contributed by atoms with Crippen LogP contribution in [0.5, 0.6) is 5.75 Å². The summed E-state index contributed by atoms with van der Waals surface area (Å²) in [6.07, 6.45) is 4.49. The highest BCUT2D eigenvalue weighted by Gasteiger charge is 2.37. The highest BCUT2D eigenvalue weighted by atomic mass is 32.2. The first-order chi connectivity index (χ1) is 13.5. The molecule has 2 N–H and O–H groups in total. The molecule has 2 saturated heterocycles. The number of rotatable bonds is 6. The maximum atomic E-state index is 12.6. The van der Waals surface area contributed by atoms with Crippen LogP contribution in [-0.2, 0) is 14.4 Å². The topological polar surface area (TPSA) is 110 Å². The van der Waals surface area contributed by atoms with Crippen LogP contribution in [0.2, 0.25) is 0 Å². The molecule has 8 nitrogen and oxygen atoms in total. The lowest BCUT2D eigenvalue weighted by molar-refractivity contribution is -0.136. The Morgan fingerprint density at radius 1 is 1.14 bits per heavy atom. The van der Waals surface area contributed by atoms with Crippen LogP contribution in [0.3, 0.4) is 0 Å². The Balaban J connectivity index is 1.72. The molecule has 0 aromatic heterocycles. The Kier molecular flexibility index (Phi) is 6.35.